The van der Waals surface area contributed by atoms with Crippen molar-refractivity contribution in [3.05, 3.63) is 33.8 Å². The molecule has 0 aromatic heterocycles. The van der Waals surface area contributed by atoms with E-state index < -0.39 is 0 Å². The predicted molar refractivity (Wildman–Crippen MR) is 92.6 cm³/mol. The standard InChI is InChI=1S/C15H22Cl2N4O/c1-15(2,3)21-13(22)9-20-14(18-4)19-8-10-5-6-11(16)7-12(10)17/h5-7H,8-9H2,1-4H3,(H,21,22)(H2,18,19,20). The molecule has 5 nitrogen and oxygen atoms in total. The van der Waals surface area contributed by atoms with E-state index in [1.165, 1.54) is 0 Å². The molecule has 0 fully saturated rings. The van der Waals surface area contributed by atoms with Gasteiger partial charge in [-0.2, -0.15) is 0 Å². The number of nitrogens with zero attached hydrogens (tertiary/aromatic N) is 1. The zero-order valence-corrected chi connectivity index (χ0v) is 14.8. The average Bonchev–Trinajstić information content (AvgIpc) is 2.38. The lowest BCUT2D eigenvalue weighted by Gasteiger charge is -2.21. The van der Waals surface area contributed by atoms with Gasteiger partial charge in [0.2, 0.25) is 5.91 Å². The number of hydrogen-bond donors (Lipinski definition) is 3. The first-order valence-electron chi connectivity index (χ1n) is 6.91. The first-order chi connectivity index (χ1) is 10.2. The number of carbonyl (C=O) groups is 1. The van der Waals surface area contributed by atoms with Crippen LogP contribution in [0, 0.1) is 0 Å². The second-order valence-corrected chi connectivity index (χ2v) is 6.66. The predicted octanol–water partition coefficient (Wildman–Crippen LogP) is 2.57. The highest BCUT2D eigenvalue weighted by Gasteiger charge is 2.13. The van der Waals surface area contributed by atoms with E-state index in [2.05, 4.69) is 20.9 Å². The number of nitrogens with one attached hydrogen (secondary N) is 3. The summed E-state index contributed by atoms with van der Waals surface area (Å²) in [7, 11) is 1.64. The molecule has 0 radical (unpaired) electrons. The van der Waals surface area contributed by atoms with Crippen LogP contribution in [0.3, 0.4) is 0 Å². The lowest BCUT2D eigenvalue weighted by atomic mass is 10.1. The maximum absolute atomic E-state index is 11.8. The first-order valence-corrected chi connectivity index (χ1v) is 7.66. The monoisotopic (exact) mass is 344 g/mol. The summed E-state index contributed by atoms with van der Waals surface area (Å²) in [5.41, 5.74) is 0.639. The van der Waals surface area contributed by atoms with Gasteiger partial charge in [-0.25, -0.2) is 0 Å². The minimum Gasteiger partial charge on any atom is -0.352 e. The van der Waals surface area contributed by atoms with E-state index in [-0.39, 0.29) is 18.0 Å². The van der Waals surface area contributed by atoms with Crippen molar-refractivity contribution in [2.45, 2.75) is 32.9 Å². The van der Waals surface area contributed by atoms with Crippen molar-refractivity contribution in [3.63, 3.8) is 0 Å². The number of carbonyl (C=O) groups excluding carboxylic acids is 1. The van der Waals surface area contributed by atoms with E-state index in [1.54, 1.807) is 19.2 Å². The van der Waals surface area contributed by atoms with Gasteiger partial charge in [0.05, 0.1) is 6.54 Å². The van der Waals surface area contributed by atoms with E-state index in [4.69, 9.17) is 23.2 Å². The SMILES string of the molecule is CN=C(NCC(=O)NC(C)(C)C)NCc1ccc(Cl)cc1Cl. The van der Waals surface area contributed by atoms with Gasteiger partial charge in [0.1, 0.15) is 0 Å². The second-order valence-electron chi connectivity index (χ2n) is 5.81. The van der Waals surface area contributed by atoms with Gasteiger partial charge in [-0.15, -0.1) is 0 Å². The third kappa shape index (κ3) is 7.00. The highest BCUT2D eigenvalue weighted by Crippen LogP contribution is 2.20. The van der Waals surface area contributed by atoms with Crippen LogP contribution in [0.2, 0.25) is 10.0 Å². The fraction of sp³-hybridized carbons (Fsp3) is 0.467. The Morgan fingerprint density at radius 2 is 1.91 bits per heavy atom. The van der Waals surface area contributed by atoms with Gasteiger partial charge in [0, 0.05) is 29.2 Å². The molecule has 0 saturated carbocycles. The summed E-state index contributed by atoms with van der Waals surface area (Å²) in [6.07, 6.45) is 0. The van der Waals surface area contributed by atoms with Crippen molar-refractivity contribution < 1.29 is 4.79 Å². The molecule has 1 aromatic rings. The van der Waals surface area contributed by atoms with Gasteiger partial charge in [0.15, 0.2) is 5.96 Å². The second kappa shape index (κ2) is 8.25. The molecule has 0 bridgehead atoms. The van der Waals surface area contributed by atoms with Crippen LogP contribution < -0.4 is 16.0 Å². The van der Waals surface area contributed by atoms with Crippen LogP contribution >= 0.6 is 23.2 Å². The zero-order chi connectivity index (χ0) is 16.8. The number of benzene rings is 1. The van der Waals surface area contributed by atoms with Crippen LogP contribution in [0.15, 0.2) is 23.2 Å². The molecule has 1 aromatic carbocycles. The lowest BCUT2D eigenvalue weighted by Crippen LogP contribution is -2.48. The Kier molecular flexibility index (Phi) is 6.97. The van der Waals surface area contributed by atoms with E-state index in [1.807, 2.05) is 26.8 Å². The number of rotatable bonds is 4. The summed E-state index contributed by atoms with van der Waals surface area (Å²) < 4.78 is 0. The quantitative estimate of drug-likeness (QED) is 0.580. The summed E-state index contributed by atoms with van der Waals surface area (Å²) in [4.78, 5) is 15.8. The number of hydrogen-bond acceptors (Lipinski definition) is 2. The molecular weight excluding hydrogens is 323 g/mol. The minimum absolute atomic E-state index is 0.0972. The van der Waals surface area contributed by atoms with Crippen LogP contribution in [0.4, 0.5) is 0 Å². The molecule has 3 N–H and O–H groups in total. The van der Waals surface area contributed by atoms with Gasteiger partial charge in [-0.05, 0) is 38.5 Å². The maximum atomic E-state index is 11.8. The minimum atomic E-state index is -0.257. The average molecular weight is 345 g/mol. The number of aliphatic imine (C=N–C) groups is 1. The summed E-state index contributed by atoms with van der Waals surface area (Å²) in [6, 6.07) is 5.31. The van der Waals surface area contributed by atoms with Gasteiger partial charge in [-0.1, -0.05) is 29.3 Å². The van der Waals surface area contributed by atoms with Crippen molar-refractivity contribution >= 4 is 35.1 Å². The molecule has 122 valence electrons. The molecule has 0 unspecified atom stereocenters. The van der Waals surface area contributed by atoms with Crippen molar-refractivity contribution in [1.29, 1.82) is 0 Å². The van der Waals surface area contributed by atoms with E-state index in [9.17, 15) is 4.79 Å². The molecule has 22 heavy (non-hydrogen) atoms. The molecule has 0 aliphatic heterocycles. The van der Waals surface area contributed by atoms with E-state index in [0.29, 0.717) is 22.5 Å². The number of guanidine groups is 1. The molecule has 0 aliphatic rings. The highest BCUT2D eigenvalue weighted by molar-refractivity contribution is 6.35. The molecule has 0 atom stereocenters. The highest BCUT2D eigenvalue weighted by atomic mass is 35.5. The maximum Gasteiger partial charge on any atom is 0.239 e. The van der Waals surface area contributed by atoms with Gasteiger partial charge >= 0.3 is 0 Å². The fourth-order valence-electron chi connectivity index (χ4n) is 1.69. The summed E-state index contributed by atoms with van der Waals surface area (Å²) >= 11 is 12.0. The molecule has 1 rings (SSSR count). The van der Waals surface area contributed by atoms with Crippen LogP contribution in [0.25, 0.3) is 0 Å². The third-order valence-corrected chi connectivity index (χ3v) is 3.20. The van der Waals surface area contributed by atoms with Crippen LogP contribution in [-0.2, 0) is 11.3 Å². The van der Waals surface area contributed by atoms with Gasteiger partial charge < -0.3 is 16.0 Å². The zero-order valence-electron chi connectivity index (χ0n) is 13.3. The van der Waals surface area contributed by atoms with Crippen LogP contribution in [0.5, 0.6) is 0 Å². The third-order valence-electron chi connectivity index (χ3n) is 2.62. The van der Waals surface area contributed by atoms with E-state index in [0.717, 1.165) is 5.56 Å². The molecule has 1 amide bonds. The van der Waals surface area contributed by atoms with Crippen molar-refractivity contribution in [2.75, 3.05) is 13.6 Å². The topological polar surface area (TPSA) is 65.5 Å². The van der Waals surface area contributed by atoms with Gasteiger partial charge in [0.25, 0.3) is 0 Å². The fourth-order valence-corrected chi connectivity index (χ4v) is 2.17. The van der Waals surface area contributed by atoms with Crippen molar-refractivity contribution in [2.24, 2.45) is 4.99 Å². The molecule has 0 heterocycles. The Morgan fingerprint density at radius 1 is 1.23 bits per heavy atom. The number of amides is 1. The van der Waals surface area contributed by atoms with Crippen LogP contribution in [0.1, 0.15) is 26.3 Å². The van der Waals surface area contributed by atoms with Crippen molar-refractivity contribution in [1.82, 2.24) is 16.0 Å². The molecular formula is C15H22Cl2N4O. The Hall–Kier alpha value is -1.46. The molecule has 0 saturated heterocycles. The van der Waals surface area contributed by atoms with Gasteiger partial charge in [-0.3, -0.25) is 9.79 Å². The molecule has 0 aliphatic carbocycles. The Morgan fingerprint density at radius 3 is 2.45 bits per heavy atom. The lowest BCUT2D eigenvalue weighted by molar-refractivity contribution is -0.121. The normalized spacial score (nSPS) is 12.0. The first kappa shape index (κ1) is 18.6. The smallest absolute Gasteiger partial charge is 0.239 e. The number of halogens is 2. The Balaban J connectivity index is 2.48. The van der Waals surface area contributed by atoms with Crippen LogP contribution in [-0.4, -0.2) is 31.0 Å². The summed E-state index contributed by atoms with van der Waals surface area (Å²) in [5, 5.41) is 10.1. The summed E-state index contributed by atoms with van der Waals surface area (Å²) in [6.45, 7) is 6.42. The largest absolute Gasteiger partial charge is 0.352 e. The Labute approximate surface area is 141 Å². The molecule has 7 heteroatoms. The van der Waals surface area contributed by atoms with Crippen molar-refractivity contribution in [3.8, 4) is 0 Å². The Bertz CT molecular complexity index is 553. The molecule has 0 spiro atoms. The summed E-state index contributed by atoms with van der Waals surface area (Å²) in [5.74, 6) is 0.426. The van der Waals surface area contributed by atoms with E-state index >= 15 is 0 Å².